The van der Waals surface area contributed by atoms with Gasteiger partial charge in [0.15, 0.2) is 0 Å². The second-order valence-electron chi connectivity index (χ2n) is 8.56. The molecule has 2 amide bonds. The Morgan fingerprint density at radius 3 is 2.27 bits per heavy atom. The smallest absolute Gasteiger partial charge is 0.270 e. The van der Waals surface area contributed by atoms with Crippen LogP contribution in [0.2, 0.25) is 0 Å². The molecule has 37 heavy (non-hydrogen) atoms. The lowest BCUT2D eigenvalue weighted by atomic mass is 10.2. The van der Waals surface area contributed by atoms with Gasteiger partial charge in [-0.1, -0.05) is 54.1 Å². The van der Waals surface area contributed by atoms with Crippen LogP contribution in [0.4, 0.5) is 0 Å². The van der Waals surface area contributed by atoms with Crippen LogP contribution in [0.15, 0.2) is 78.9 Å². The number of benzene rings is 3. The van der Waals surface area contributed by atoms with Crippen LogP contribution in [-0.4, -0.2) is 61.0 Å². The van der Waals surface area contributed by atoms with Crippen LogP contribution in [-0.2, 0) is 11.3 Å². The van der Waals surface area contributed by atoms with Gasteiger partial charge in [-0.25, -0.2) is 0 Å². The van der Waals surface area contributed by atoms with Crippen molar-refractivity contribution < 1.29 is 19.1 Å². The highest BCUT2D eigenvalue weighted by atomic mass is 16.5. The first-order valence-electron chi connectivity index (χ1n) is 12.3. The third kappa shape index (κ3) is 7.61. The number of hydrogen-bond donors (Lipinski definition) is 1. The van der Waals surface area contributed by atoms with Gasteiger partial charge in [0.05, 0.1) is 14.2 Å². The number of amides is 2. The minimum absolute atomic E-state index is 0.101. The highest BCUT2D eigenvalue weighted by Crippen LogP contribution is 2.22. The molecule has 0 radical (unpaired) electrons. The number of hydrogen-bond acceptors (Lipinski definition) is 4. The van der Waals surface area contributed by atoms with E-state index in [0.717, 1.165) is 34.4 Å². The zero-order chi connectivity index (χ0) is 26.6. The number of carbonyl (C=O) groups is 2. The van der Waals surface area contributed by atoms with Crippen LogP contribution in [0, 0.1) is 6.92 Å². The maximum atomic E-state index is 13.0. The largest absolute Gasteiger partial charge is 0.497 e. The Bertz CT molecular complexity index is 1290. The quantitative estimate of drug-likeness (QED) is 0.299. The molecule has 7 heteroatoms. The van der Waals surface area contributed by atoms with Gasteiger partial charge in [0.2, 0.25) is 6.41 Å². The predicted octanol–water partition coefficient (Wildman–Crippen LogP) is 5.30. The summed E-state index contributed by atoms with van der Waals surface area (Å²) >= 11 is 0. The first-order valence-corrected chi connectivity index (χ1v) is 12.3. The SMILES string of the molecule is CCN(CCN(C=O)Cc1ccccc1OC)C(=O)c1cc2cc(OC)ccc2[nH]1.Cc1ccccc1. The van der Waals surface area contributed by atoms with E-state index in [9.17, 15) is 9.59 Å². The van der Waals surface area contributed by atoms with E-state index in [0.29, 0.717) is 31.9 Å². The van der Waals surface area contributed by atoms with Crippen LogP contribution in [0.5, 0.6) is 11.5 Å². The summed E-state index contributed by atoms with van der Waals surface area (Å²) in [5, 5.41) is 0.916. The molecule has 194 valence electrons. The van der Waals surface area contributed by atoms with Gasteiger partial charge in [0.1, 0.15) is 17.2 Å². The number of rotatable bonds is 10. The van der Waals surface area contributed by atoms with E-state index in [2.05, 4.69) is 24.0 Å². The predicted molar refractivity (Wildman–Crippen MR) is 147 cm³/mol. The second-order valence-corrected chi connectivity index (χ2v) is 8.56. The summed E-state index contributed by atoms with van der Waals surface area (Å²) in [6, 6.07) is 25.3. The fraction of sp³-hybridized carbons (Fsp3) is 0.267. The third-order valence-electron chi connectivity index (χ3n) is 6.04. The summed E-state index contributed by atoms with van der Waals surface area (Å²) in [6.45, 7) is 5.83. The number of carbonyl (C=O) groups excluding carboxylic acids is 2. The van der Waals surface area contributed by atoms with Crippen LogP contribution < -0.4 is 9.47 Å². The number of methoxy groups -OCH3 is 2. The molecular weight excluding hydrogens is 466 g/mol. The Balaban J connectivity index is 0.000000468. The Kier molecular flexibility index (Phi) is 10.1. The molecule has 4 aromatic rings. The first kappa shape index (κ1) is 27.3. The van der Waals surface area contributed by atoms with Gasteiger partial charge < -0.3 is 24.3 Å². The standard InChI is InChI=1S/C23H27N3O4.C7H8/c1-4-26(12-11-25(16-27)15-17-7-5-6-8-22(17)30-3)23(28)21-14-18-13-19(29-2)9-10-20(18)24-21;1-7-5-3-2-4-6-7/h5-10,13-14,16,24H,4,11-12,15H2,1-3H3;2-6H,1H3. The van der Waals surface area contributed by atoms with Crippen LogP contribution >= 0.6 is 0 Å². The molecule has 0 aliphatic carbocycles. The average Bonchev–Trinajstić information content (AvgIpc) is 3.37. The molecule has 0 saturated heterocycles. The number of aryl methyl sites for hydroxylation is 1. The van der Waals surface area contributed by atoms with Crippen molar-refractivity contribution in [3.63, 3.8) is 0 Å². The fourth-order valence-corrected chi connectivity index (χ4v) is 3.93. The molecule has 1 aromatic heterocycles. The number of H-pyrrole nitrogens is 1. The van der Waals surface area contributed by atoms with Crippen molar-refractivity contribution in [1.82, 2.24) is 14.8 Å². The van der Waals surface area contributed by atoms with Gasteiger partial charge in [0, 0.05) is 42.6 Å². The summed E-state index contributed by atoms with van der Waals surface area (Å²) < 4.78 is 10.6. The highest BCUT2D eigenvalue weighted by molar-refractivity contribution is 5.98. The maximum Gasteiger partial charge on any atom is 0.270 e. The van der Waals surface area contributed by atoms with Gasteiger partial charge in [-0.2, -0.15) is 0 Å². The Hall–Kier alpha value is -4.26. The molecule has 1 N–H and O–H groups in total. The molecule has 0 aliphatic heterocycles. The minimum Gasteiger partial charge on any atom is -0.497 e. The molecule has 0 fully saturated rings. The second kappa shape index (κ2) is 13.7. The van der Waals surface area contributed by atoms with Crippen LogP contribution in [0.3, 0.4) is 0 Å². The first-order chi connectivity index (χ1) is 18.0. The monoisotopic (exact) mass is 501 g/mol. The van der Waals surface area contributed by atoms with Crippen molar-refractivity contribution in [2.75, 3.05) is 33.9 Å². The van der Waals surface area contributed by atoms with E-state index in [4.69, 9.17) is 9.47 Å². The van der Waals surface area contributed by atoms with E-state index >= 15 is 0 Å². The molecular formula is C30H35N3O4. The molecule has 3 aromatic carbocycles. The lowest BCUT2D eigenvalue weighted by Gasteiger charge is -2.25. The minimum atomic E-state index is -0.101. The summed E-state index contributed by atoms with van der Waals surface area (Å²) in [7, 11) is 3.22. The summed E-state index contributed by atoms with van der Waals surface area (Å²) in [4.78, 5) is 31.1. The summed E-state index contributed by atoms with van der Waals surface area (Å²) in [5.74, 6) is 1.38. The lowest BCUT2D eigenvalue weighted by molar-refractivity contribution is -0.118. The van der Waals surface area contributed by atoms with Gasteiger partial charge in [-0.05, 0) is 44.2 Å². The Morgan fingerprint density at radius 1 is 0.919 bits per heavy atom. The number of nitrogens with zero attached hydrogens (tertiary/aromatic N) is 2. The van der Waals surface area contributed by atoms with Crippen molar-refractivity contribution in [3.05, 3.63) is 95.7 Å². The average molecular weight is 502 g/mol. The van der Waals surface area contributed by atoms with Gasteiger partial charge in [-0.3, -0.25) is 9.59 Å². The topological polar surface area (TPSA) is 74.9 Å². The molecule has 0 atom stereocenters. The van der Waals surface area contributed by atoms with E-state index < -0.39 is 0 Å². The lowest BCUT2D eigenvalue weighted by Crippen LogP contribution is -2.38. The van der Waals surface area contributed by atoms with Gasteiger partial charge in [-0.15, -0.1) is 0 Å². The fourth-order valence-electron chi connectivity index (χ4n) is 3.93. The van der Waals surface area contributed by atoms with E-state index in [1.165, 1.54) is 5.56 Å². The van der Waals surface area contributed by atoms with Gasteiger partial charge >= 0.3 is 0 Å². The molecule has 0 spiro atoms. The van der Waals surface area contributed by atoms with Crippen molar-refractivity contribution >= 4 is 23.2 Å². The summed E-state index contributed by atoms with van der Waals surface area (Å²) in [6.07, 6.45) is 0.806. The molecule has 4 rings (SSSR count). The van der Waals surface area contributed by atoms with E-state index in [1.807, 2.05) is 73.7 Å². The Morgan fingerprint density at radius 2 is 1.65 bits per heavy atom. The van der Waals surface area contributed by atoms with E-state index in [1.54, 1.807) is 24.0 Å². The van der Waals surface area contributed by atoms with Gasteiger partial charge in [0.25, 0.3) is 5.91 Å². The number of ether oxygens (including phenoxy) is 2. The zero-order valence-electron chi connectivity index (χ0n) is 21.9. The van der Waals surface area contributed by atoms with E-state index in [-0.39, 0.29) is 5.91 Å². The van der Waals surface area contributed by atoms with Crippen LogP contribution in [0.1, 0.15) is 28.5 Å². The molecule has 1 heterocycles. The number of nitrogens with one attached hydrogen (secondary N) is 1. The number of aromatic amines is 1. The van der Waals surface area contributed by atoms with Crippen molar-refractivity contribution in [1.29, 1.82) is 0 Å². The van der Waals surface area contributed by atoms with Crippen LogP contribution in [0.25, 0.3) is 10.9 Å². The number of aromatic nitrogens is 1. The molecule has 0 aliphatic rings. The number of fused-ring (bicyclic) bond motifs is 1. The maximum absolute atomic E-state index is 13.0. The Labute approximate surface area is 218 Å². The molecule has 0 saturated carbocycles. The number of para-hydroxylation sites is 1. The highest BCUT2D eigenvalue weighted by Gasteiger charge is 2.18. The third-order valence-corrected chi connectivity index (χ3v) is 6.04. The number of likely N-dealkylation sites (N-methyl/N-ethyl adjacent to an activating group) is 1. The normalized spacial score (nSPS) is 10.3. The van der Waals surface area contributed by atoms with Crippen molar-refractivity contribution in [3.8, 4) is 11.5 Å². The molecule has 7 nitrogen and oxygen atoms in total. The molecule has 0 bridgehead atoms. The molecule has 0 unspecified atom stereocenters. The zero-order valence-corrected chi connectivity index (χ0v) is 21.9. The van der Waals surface area contributed by atoms with Crippen molar-refractivity contribution in [2.45, 2.75) is 20.4 Å². The summed E-state index contributed by atoms with van der Waals surface area (Å²) in [5.41, 5.74) is 3.64. The van der Waals surface area contributed by atoms with Crippen molar-refractivity contribution in [2.24, 2.45) is 0 Å².